The summed E-state index contributed by atoms with van der Waals surface area (Å²) in [4.78, 5) is 45.2. The molecule has 0 fully saturated rings. The second-order valence-electron chi connectivity index (χ2n) is 4.74. The lowest BCUT2D eigenvalue weighted by molar-refractivity contribution is -0.385. The van der Waals surface area contributed by atoms with Crippen LogP contribution >= 0.6 is 0 Å². The van der Waals surface area contributed by atoms with Gasteiger partial charge in [0.2, 0.25) is 11.8 Å². The fourth-order valence-corrected chi connectivity index (χ4v) is 1.78. The van der Waals surface area contributed by atoms with E-state index in [2.05, 4.69) is 10.4 Å². The minimum absolute atomic E-state index is 0.00472. The Hall–Kier alpha value is -2.98. The molecule has 1 aromatic rings. The van der Waals surface area contributed by atoms with Gasteiger partial charge >= 0.3 is 11.7 Å². The van der Waals surface area contributed by atoms with Gasteiger partial charge in [0.15, 0.2) is 0 Å². The SMILES string of the molecule is CC(=O)NCCN(C(=O)Cn1cc([N+](=O)[O-])cn1)C(C)C(=O)O. The highest BCUT2D eigenvalue weighted by molar-refractivity contribution is 5.83. The smallest absolute Gasteiger partial charge is 0.326 e. The van der Waals surface area contributed by atoms with Crippen molar-refractivity contribution in [3.05, 3.63) is 22.5 Å². The van der Waals surface area contributed by atoms with Gasteiger partial charge in [0.1, 0.15) is 25.0 Å². The Morgan fingerprint density at radius 1 is 1.52 bits per heavy atom. The third-order valence-corrected chi connectivity index (χ3v) is 3.00. The summed E-state index contributed by atoms with van der Waals surface area (Å²) in [5.74, 6) is -2.08. The van der Waals surface area contributed by atoms with Crippen molar-refractivity contribution in [3.63, 3.8) is 0 Å². The zero-order valence-electron chi connectivity index (χ0n) is 12.6. The van der Waals surface area contributed by atoms with Crippen molar-refractivity contribution in [2.75, 3.05) is 13.1 Å². The van der Waals surface area contributed by atoms with Gasteiger partial charge in [-0.1, -0.05) is 0 Å². The molecule has 0 bridgehead atoms. The van der Waals surface area contributed by atoms with Crippen LogP contribution in [0.15, 0.2) is 12.4 Å². The standard InChI is InChI=1S/C12H17N5O6/c1-8(12(20)21)16(4-3-13-9(2)18)11(19)7-15-6-10(5-14-15)17(22)23/h5-6,8H,3-4,7H2,1-2H3,(H,13,18)(H,20,21). The third kappa shape index (κ3) is 5.37. The predicted octanol–water partition coefficient (Wildman–Crippen LogP) is -0.771. The number of amides is 2. The molecular formula is C12H17N5O6. The van der Waals surface area contributed by atoms with E-state index < -0.39 is 22.8 Å². The zero-order valence-corrected chi connectivity index (χ0v) is 12.6. The number of nitrogens with zero attached hydrogens (tertiary/aromatic N) is 4. The van der Waals surface area contributed by atoms with Gasteiger partial charge in [-0.3, -0.25) is 24.4 Å². The van der Waals surface area contributed by atoms with E-state index in [1.54, 1.807) is 0 Å². The number of hydrogen-bond acceptors (Lipinski definition) is 6. The van der Waals surface area contributed by atoms with E-state index in [0.717, 1.165) is 22.0 Å². The largest absolute Gasteiger partial charge is 0.480 e. The van der Waals surface area contributed by atoms with Crippen molar-refractivity contribution in [2.45, 2.75) is 26.4 Å². The van der Waals surface area contributed by atoms with Crippen LogP contribution < -0.4 is 5.32 Å². The van der Waals surface area contributed by atoms with Crippen molar-refractivity contribution in [3.8, 4) is 0 Å². The highest BCUT2D eigenvalue weighted by Crippen LogP contribution is 2.09. The lowest BCUT2D eigenvalue weighted by Gasteiger charge is -2.26. The van der Waals surface area contributed by atoms with Crippen molar-refractivity contribution < 1.29 is 24.4 Å². The van der Waals surface area contributed by atoms with Crippen molar-refractivity contribution in [1.82, 2.24) is 20.0 Å². The van der Waals surface area contributed by atoms with Gasteiger partial charge in [0.25, 0.3) is 0 Å². The quantitative estimate of drug-likeness (QED) is 0.470. The molecule has 126 valence electrons. The number of carbonyl (C=O) groups is 3. The molecule has 1 atom stereocenters. The number of carbonyl (C=O) groups excluding carboxylic acids is 2. The second-order valence-corrected chi connectivity index (χ2v) is 4.74. The maximum atomic E-state index is 12.2. The van der Waals surface area contributed by atoms with E-state index in [-0.39, 0.29) is 31.2 Å². The van der Waals surface area contributed by atoms with E-state index in [4.69, 9.17) is 5.11 Å². The van der Waals surface area contributed by atoms with Crippen molar-refractivity contribution in [2.24, 2.45) is 0 Å². The van der Waals surface area contributed by atoms with Crippen molar-refractivity contribution in [1.29, 1.82) is 0 Å². The first kappa shape index (κ1) is 18.1. The molecule has 0 spiro atoms. The van der Waals surface area contributed by atoms with Gasteiger partial charge in [0.05, 0.1) is 4.92 Å². The average molecular weight is 327 g/mol. The van der Waals surface area contributed by atoms with Crippen LogP contribution in [-0.2, 0) is 20.9 Å². The Balaban J connectivity index is 2.78. The van der Waals surface area contributed by atoms with Crippen LogP contribution in [0.3, 0.4) is 0 Å². The van der Waals surface area contributed by atoms with Crippen molar-refractivity contribution >= 4 is 23.5 Å². The number of aliphatic carboxylic acids is 1. The van der Waals surface area contributed by atoms with Gasteiger partial charge in [-0.15, -0.1) is 0 Å². The zero-order chi connectivity index (χ0) is 17.6. The minimum atomic E-state index is -1.20. The molecule has 0 aliphatic carbocycles. The lowest BCUT2D eigenvalue weighted by Crippen LogP contribution is -2.47. The molecule has 2 N–H and O–H groups in total. The van der Waals surface area contributed by atoms with Crippen LogP contribution in [0, 0.1) is 10.1 Å². The summed E-state index contributed by atoms with van der Waals surface area (Å²) in [5, 5.41) is 25.8. The second kappa shape index (κ2) is 7.87. The lowest BCUT2D eigenvalue weighted by atomic mass is 10.2. The molecule has 23 heavy (non-hydrogen) atoms. The summed E-state index contributed by atoms with van der Waals surface area (Å²) in [6.45, 7) is 2.38. The Morgan fingerprint density at radius 3 is 2.65 bits per heavy atom. The van der Waals surface area contributed by atoms with Crippen LogP contribution in [0.1, 0.15) is 13.8 Å². The van der Waals surface area contributed by atoms with Crippen LogP contribution in [0.25, 0.3) is 0 Å². The van der Waals surface area contributed by atoms with Crippen LogP contribution in [0.4, 0.5) is 5.69 Å². The third-order valence-electron chi connectivity index (χ3n) is 3.00. The molecule has 1 aromatic heterocycles. The summed E-state index contributed by atoms with van der Waals surface area (Å²) < 4.78 is 1.06. The first-order valence-electron chi connectivity index (χ1n) is 6.66. The molecule has 11 nitrogen and oxygen atoms in total. The molecule has 0 aliphatic rings. The Labute approximate surface area is 131 Å². The highest BCUT2D eigenvalue weighted by atomic mass is 16.6. The highest BCUT2D eigenvalue weighted by Gasteiger charge is 2.26. The molecule has 1 unspecified atom stereocenters. The fraction of sp³-hybridized carbons (Fsp3) is 0.500. The molecular weight excluding hydrogens is 310 g/mol. The number of rotatable bonds is 8. The number of carboxylic acid groups (broad SMARTS) is 1. The maximum absolute atomic E-state index is 12.2. The Kier molecular flexibility index (Phi) is 6.18. The van der Waals surface area contributed by atoms with Crippen LogP contribution in [0.2, 0.25) is 0 Å². The average Bonchev–Trinajstić information content (AvgIpc) is 2.91. The monoisotopic (exact) mass is 327 g/mol. The van der Waals surface area contributed by atoms with Gasteiger partial charge in [-0.2, -0.15) is 5.10 Å². The van der Waals surface area contributed by atoms with E-state index >= 15 is 0 Å². The molecule has 0 aliphatic heterocycles. The summed E-state index contributed by atoms with van der Waals surface area (Å²) in [6.07, 6.45) is 2.07. The number of nitrogens with one attached hydrogen (secondary N) is 1. The molecule has 2 amide bonds. The van der Waals surface area contributed by atoms with Gasteiger partial charge in [-0.25, -0.2) is 4.79 Å². The predicted molar refractivity (Wildman–Crippen MR) is 76.4 cm³/mol. The maximum Gasteiger partial charge on any atom is 0.326 e. The molecule has 1 rings (SSSR count). The minimum Gasteiger partial charge on any atom is -0.480 e. The molecule has 0 radical (unpaired) electrons. The number of aromatic nitrogens is 2. The topological polar surface area (TPSA) is 148 Å². The van der Waals surface area contributed by atoms with E-state index in [9.17, 15) is 24.5 Å². The molecule has 0 saturated heterocycles. The first-order chi connectivity index (χ1) is 10.7. The Morgan fingerprint density at radius 2 is 2.17 bits per heavy atom. The Bertz CT molecular complexity index is 613. The van der Waals surface area contributed by atoms with Crippen LogP contribution in [0.5, 0.6) is 0 Å². The molecule has 1 heterocycles. The fourth-order valence-electron chi connectivity index (χ4n) is 1.78. The molecule has 11 heteroatoms. The van der Waals surface area contributed by atoms with E-state index in [1.165, 1.54) is 13.8 Å². The van der Waals surface area contributed by atoms with Gasteiger partial charge in [0, 0.05) is 20.0 Å². The normalized spacial score (nSPS) is 11.6. The summed E-state index contributed by atoms with van der Waals surface area (Å²) >= 11 is 0. The summed E-state index contributed by atoms with van der Waals surface area (Å²) in [5.41, 5.74) is -0.270. The number of hydrogen-bond donors (Lipinski definition) is 2. The summed E-state index contributed by atoms with van der Waals surface area (Å²) in [7, 11) is 0. The van der Waals surface area contributed by atoms with Gasteiger partial charge in [-0.05, 0) is 6.92 Å². The van der Waals surface area contributed by atoms with Crippen LogP contribution in [-0.4, -0.2) is 61.6 Å². The van der Waals surface area contributed by atoms with E-state index in [0.29, 0.717) is 0 Å². The van der Waals surface area contributed by atoms with Gasteiger partial charge < -0.3 is 15.3 Å². The van der Waals surface area contributed by atoms with E-state index in [1.807, 2.05) is 0 Å². The first-order valence-corrected chi connectivity index (χ1v) is 6.66. The molecule has 0 saturated carbocycles. The summed E-state index contributed by atoms with van der Waals surface area (Å²) in [6, 6.07) is -1.11. The number of nitro groups is 1. The number of carboxylic acids is 1. The molecule has 0 aromatic carbocycles.